The van der Waals surface area contributed by atoms with Crippen LogP contribution in [-0.2, 0) is 14.4 Å². The van der Waals surface area contributed by atoms with Gasteiger partial charge in [0.05, 0.1) is 11.8 Å². The van der Waals surface area contributed by atoms with Gasteiger partial charge in [0.15, 0.2) is 6.61 Å². The van der Waals surface area contributed by atoms with Crippen LogP contribution >= 0.6 is 11.8 Å². The molecule has 0 aromatic heterocycles. The second-order valence-electron chi connectivity index (χ2n) is 11.2. The number of aliphatic carboxylic acids is 1. The van der Waals surface area contributed by atoms with E-state index in [9.17, 15) is 19.8 Å². The summed E-state index contributed by atoms with van der Waals surface area (Å²) in [5, 5.41) is 26.6. The zero-order chi connectivity index (χ0) is 24.5. The van der Waals surface area contributed by atoms with Gasteiger partial charge in [-0.3, -0.25) is 4.79 Å². The molecule has 0 aliphatic heterocycles. The van der Waals surface area contributed by atoms with Crippen molar-refractivity contribution in [1.29, 1.82) is 0 Å². The van der Waals surface area contributed by atoms with E-state index < -0.39 is 17.9 Å². The lowest BCUT2D eigenvalue weighted by Crippen LogP contribution is -2.51. The van der Waals surface area contributed by atoms with Crippen LogP contribution in [0.5, 0.6) is 0 Å². The molecule has 0 spiro atoms. The van der Waals surface area contributed by atoms with Crippen LogP contribution in [0.3, 0.4) is 0 Å². The molecule has 0 radical (unpaired) electrons. The molecule has 1 amide bonds. The summed E-state index contributed by atoms with van der Waals surface area (Å²) >= 11 is 1.55. The molecule has 0 aromatic rings. The Balaban J connectivity index is 1.36. The van der Waals surface area contributed by atoms with Crippen LogP contribution in [0, 0.1) is 28.6 Å². The fraction of sp³-hybridized carbons (Fsp3) is 0.808. The number of carbonyl (C=O) groups excluding carboxylic acids is 1. The molecule has 0 aromatic carbocycles. The van der Waals surface area contributed by atoms with Crippen LogP contribution in [0.1, 0.15) is 71.6 Å². The van der Waals surface area contributed by atoms with Gasteiger partial charge in [-0.25, -0.2) is 4.79 Å². The Morgan fingerprint density at radius 3 is 2.74 bits per heavy atom. The monoisotopic (exact) mass is 492 g/mol. The first-order valence-corrected chi connectivity index (χ1v) is 14.2. The minimum absolute atomic E-state index is 0.101. The first-order chi connectivity index (χ1) is 16.2. The summed E-state index contributed by atoms with van der Waals surface area (Å²) in [6.45, 7) is 4.47. The Bertz CT molecular complexity index is 860. The molecule has 7 atom stereocenters. The molecule has 0 saturated heterocycles. The second kappa shape index (κ2) is 10.2. The Morgan fingerprint density at radius 1 is 1.21 bits per heavy atom. The van der Waals surface area contributed by atoms with Crippen LogP contribution in [0.25, 0.3) is 0 Å². The highest BCUT2D eigenvalue weighted by Gasteiger charge is 2.58. The standard InChI is InChI=1S/C26H40N2O5S/c1-25-11-8-17(28-33-15-23(30)27-21(24(31)32)10-13-34-3)14-16(25)4-5-18-19-6-7-22(29)26(19,2)12-9-20(18)25/h14,18-22,29H,4-13,15H2,1-3H3,(H,27,30)(H,31,32)/b28-17-/t18-,19+,20+,21+,22+,25+,26+/m1/s1. The van der Waals surface area contributed by atoms with Gasteiger partial charge in [0.25, 0.3) is 5.91 Å². The van der Waals surface area contributed by atoms with Crippen molar-refractivity contribution in [2.75, 3.05) is 18.6 Å². The van der Waals surface area contributed by atoms with Gasteiger partial charge in [0.2, 0.25) is 0 Å². The third-order valence-electron chi connectivity index (χ3n) is 9.55. The fourth-order valence-electron chi connectivity index (χ4n) is 7.52. The minimum Gasteiger partial charge on any atom is -0.480 e. The summed E-state index contributed by atoms with van der Waals surface area (Å²) in [5.41, 5.74) is 2.61. The number of carboxylic acids is 1. The maximum absolute atomic E-state index is 12.1. The molecule has 190 valence electrons. The quantitative estimate of drug-likeness (QED) is 0.442. The van der Waals surface area contributed by atoms with Gasteiger partial charge in [0, 0.05) is 0 Å². The lowest BCUT2D eigenvalue weighted by Gasteiger charge is -2.57. The number of oxime groups is 1. The van der Waals surface area contributed by atoms with E-state index in [4.69, 9.17) is 4.84 Å². The number of rotatable bonds is 8. The molecular formula is C26H40N2O5S. The second-order valence-corrected chi connectivity index (χ2v) is 12.2. The van der Waals surface area contributed by atoms with E-state index in [0.717, 1.165) is 44.2 Å². The largest absolute Gasteiger partial charge is 0.480 e. The first kappa shape index (κ1) is 25.5. The third-order valence-corrected chi connectivity index (χ3v) is 10.2. The van der Waals surface area contributed by atoms with Gasteiger partial charge in [-0.1, -0.05) is 24.6 Å². The van der Waals surface area contributed by atoms with Crippen molar-refractivity contribution in [2.45, 2.75) is 83.8 Å². The van der Waals surface area contributed by atoms with Gasteiger partial charge >= 0.3 is 5.97 Å². The zero-order valence-corrected chi connectivity index (χ0v) is 21.5. The van der Waals surface area contributed by atoms with E-state index in [1.54, 1.807) is 11.8 Å². The Morgan fingerprint density at radius 2 is 2.00 bits per heavy atom. The predicted molar refractivity (Wildman–Crippen MR) is 134 cm³/mol. The number of nitrogens with one attached hydrogen (secondary N) is 1. The van der Waals surface area contributed by atoms with Gasteiger partial charge in [-0.15, -0.1) is 0 Å². The molecular weight excluding hydrogens is 452 g/mol. The van der Waals surface area contributed by atoms with E-state index in [1.165, 1.54) is 18.4 Å². The molecule has 3 fully saturated rings. The van der Waals surface area contributed by atoms with Crippen molar-refractivity contribution < 1.29 is 24.6 Å². The number of thioether (sulfide) groups is 1. The summed E-state index contributed by atoms with van der Waals surface area (Å²) in [5.74, 6) is 1.17. The Hall–Kier alpha value is -1.54. The number of amides is 1. The predicted octanol–water partition coefficient (Wildman–Crippen LogP) is 4.01. The van der Waals surface area contributed by atoms with Crippen molar-refractivity contribution in [3.63, 3.8) is 0 Å². The van der Waals surface area contributed by atoms with Crippen molar-refractivity contribution in [2.24, 2.45) is 33.7 Å². The van der Waals surface area contributed by atoms with Crippen molar-refractivity contribution in [3.8, 4) is 0 Å². The molecule has 4 rings (SSSR count). The van der Waals surface area contributed by atoms with Gasteiger partial charge < -0.3 is 20.4 Å². The van der Waals surface area contributed by atoms with E-state index in [0.29, 0.717) is 29.9 Å². The average molecular weight is 493 g/mol. The topological polar surface area (TPSA) is 108 Å². The molecule has 0 heterocycles. The van der Waals surface area contributed by atoms with Crippen LogP contribution in [0.15, 0.2) is 16.8 Å². The molecule has 3 N–H and O–H groups in total. The number of aliphatic hydroxyl groups is 1. The molecule has 8 heteroatoms. The minimum atomic E-state index is -1.03. The van der Waals surface area contributed by atoms with E-state index >= 15 is 0 Å². The summed E-state index contributed by atoms with van der Waals surface area (Å²) in [6, 6.07) is -0.901. The molecule has 3 saturated carbocycles. The molecule has 34 heavy (non-hydrogen) atoms. The highest BCUT2D eigenvalue weighted by molar-refractivity contribution is 7.98. The average Bonchev–Trinajstić information content (AvgIpc) is 3.11. The van der Waals surface area contributed by atoms with Gasteiger partial charge in [-0.2, -0.15) is 11.8 Å². The third kappa shape index (κ3) is 4.77. The van der Waals surface area contributed by atoms with Crippen LogP contribution in [0.2, 0.25) is 0 Å². The maximum atomic E-state index is 12.1. The lowest BCUT2D eigenvalue weighted by atomic mass is 9.47. The highest BCUT2D eigenvalue weighted by atomic mass is 32.2. The number of aliphatic hydroxyl groups excluding tert-OH is 1. The summed E-state index contributed by atoms with van der Waals surface area (Å²) < 4.78 is 0. The van der Waals surface area contributed by atoms with Crippen molar-refractivity contribution in [3.05, 3.63) is 11.6 Å². The molecule has 0 unspecified atom stereocenters. The van der Waals surface area contributed by atoms with E-state index in [2.05, 4.69) is 30.4 Å². The summed E-state index contributed by atoms with van der Waals surface area (Å²) in [4.78, 5) is 28.8. The number of allylic oxidation sites excluding steroid dienone is 2. The van der Waals surface area contributed by atoms with E-state index in [-0.39, 0.29) is 23.5 Å². The number of carbonyl (C=O) groups is 2. The molecule has 4 aliphatic rings. The number of nitrogens with zero attached hydrogens (tertiary/aromatic N) is 1. The van der Waals surface area contributed by atoms with Crippen LogP contribution in [-0.4, -0.2) is 58.6 Å². The lowest BCUT2D eigenvalue weighted by molar-refractivity contribution is -0.142. The molecule has 4 aliphatic carbocycles. The van der Waals surface area contributed by atoms with Crippen LogP contribution < -0.4 is 5.32 Å². The van der Waals surface area contributed by atoms with Gasteiger partial charge in [-0.05, 0) is 104 Å². The summed E-state index contributed by atoms with van der Waals surface area (Å²) in [6.07, 6.45) is 12.9. The first-order valence-electron chi connectivity index (χ1n) is 12.8. The number of carboxylic acid groups (broad SMARTS) is 1. The normalized spacial score (nSPS) is 38.8. The Labute approximate surface area is 207 Å². The van der Waals surface area contributed by atoms with Crippen molar-refractivity contribution >= 4 is 29.4 Å². The molecule has 7 nitrogen and oxygen atoms in total. The number of hydrogen-bond donors (Lipinski definition) is 3. The van der Waals surface area contributed by atoms with Crippen LogP contribution in [0.4, 0.5) is 0 Å². The van der Waals surface area contributed by atoms with Crippen molar-refractivity contribution in [1.82, 2.24) is 5.32 Å². The fourth-order valence-corrected chi connectivity index (χ4v) is 7.99. The zero-order valence-electron chi connectivity index (χ0n) is 20.7. The molecule has 0 bridgehead atoms. The Kier molecular flexibility index (Phi) is 7.67. The maximum Gasteiger partial charge on any atom is 0.326 e. The van der Waals surface area contributed by atoms with Gasteiger partial charge in [0.1, 0.15) is 6.04 Å². The SMILES string of the molecule is CSCC[C@H](NC(=O)CO/N=C1\C=C2CC[C@@H]3[C@@H]4CC[C@H](O)[C@@]4(C)CC[C@@H]3[C@@]2(C)CC1)C(=O)O. The van der Waals surface area contributed by atoms with E-state index in [1.807, 2.05) is 6.26 Å². The smallest absolute Gasteiger partial charge is 0.326 e. The highest BCUT2D eigenvalue weighted by Crippen LogP contribution is 2.65. The number of fused-ring (bicyclic) bond motifs is 5. The number of hydrogen-bond acceptors (Lipinski definition) is 6. The summed E-state index contributed by atoms with van der Waals surface area (Å²) in [7, 11) is 0.